The Morgan fingerprint density at radius 3 is 3.10 bits per heavy atom. The van der Waals surface area contributed by atoms with E-state index in [-0.39, 0.29) is 0 Å². The Kier molecular flexibility index (Phi) is 2.83. The van der Waals surface area contributed by atoms with Gasteiger partial charge in [0.1, 0.15) is 0 Å². The molecule has 2 nitrogen and oxygen atoms in total. The van der Waals surface area contributed by atoms with Gasteiger partial charge in [-0.15, -0.1) is 11.3 Å². The highest BCUT2D eigenvalue weighted by Gasteiger charge is 2.01. The minimum Gasteiger partial charge on any atom is -0.378 e. The van der Waals surface area contributed by atoms with Crippen molar-refractivity contribution in [1.29, 1.82) is 0 Å². The fourth-order valence-electron chi connectivity index (χ4n) is 0.835. The molecule has 0 saturated heterocycles. The minimum absolute atomic E-state index is 0.646. The van der Waals surface area contributed by atoms with Gasteiger partial charge in [0.2, 0.25) is 0 Å². The Morgan fingerprint density at radius 2 is 2.50 bits per heavy atom. The highest BCUT2D eigenvalue weighted by molar-refractivity contribution is 7.09. The third-order valence-corrected chi connectivity index (χ3v) is 2.35. The van der Waals surface area contributed by atoms with Crippen LogP contribution in [0, 0.1) is 0 Å². The number of hydrogen-bond donors (Lipinski definition) is 0. The van der Waals surface area contributed by atoms with Crippen molar-refractivity contribution in [3.05, 3.63) is 16.1 Å². The SMILES string of the molecule is CCc1scnc1COC. The van der Waals surface area contributed by atoms with Crippen molar-refractivity contribution in [2.45, 2.75) is 20.0 Å². The van der Waals surface area contributed by atoms with Crippen LogP contribution in [0.15, 0.2) is 5.51 Å². The summed E-state index contributed by atoms with van der Waals surface area (Å²) >= 11 is 1.70. The lowest BCUT2D eigenvalue weighted by molar-refractivity contribution is 0.181. The summed E-state index contributed by atoms with van der Waals surface area (Å²) in [6.07, 6.45) is 1.06. The fourth-order valence-corrected chi connectivity index (χ4v) is 1.56. The zero-order chi connectivity index (χ0) is 7.40. The smallest absolute Gasteiger partial charge is 0.0895 e. The van der Waals surface area contributed by atoms with Crippen LogP contribution in [0.25, 0.3) is 0 Å². The molecule has 0 N–H and O–H groups in total. The molecular weight excluding hydrogens is 146 g/mol. The number of methoxy groups -OCH3 is 1. The standard InChI is InChI=1S/C7H11NOS/c1-3-7-6(4-9-2)8-5-10-7/h5H,3-4H2,1-2H3. The molecular formula is C7H11NOS. The number of hydrogen-bond acceptors (Lipinski definition) is 3. The zero-order valence-corrected chi connectivity index (χ0v) is 7.07. The normalized spacial score (nSPS) is 10.2. The minimum atomic E-state index is 0.646. The predicted molar refractivity (Wildman–Crippen MR) is 42.2 cm³/mol. The number of aromatic nitrogens is 1. The Morgan fingerprint density at radius 1 is 1.70 bits per heavy atom. The maximum atomic E-state index is 4.97. The van der Waals surface area contributed by atoms with E-state index >= 15 is 0 Å². The summed E-state index contributed by atoms with van der Waals surface area (Å²) in [5, 5.41) is 0. The average molecular weight is 157 g/mol. The molecule has 0 fully saturated rings. The van der Waals surface area contributed by atoms with Gasteiger partial charge in [0.25, 0.3) is 0 Å². The third-order valence-electron chi connectivity index (χ3n) is 1.33. The van der Waals surface area contributed by atoms with E-state index in [4.69, 9.17) is 4.74 Å². The maximum Gasteiger partial charge on any atom is 0.0895 e. The van der Waals surface area contributed by atoms with Gasteiger partial charge in [0.15, 0.2) is 0 Å². The molecule has 0 aliphatic rings. The third kappa shape index (κ3) is 1.55. The quantitative estimate of drug-likeness (QED) is 0.668. The largest absolute Gasteiger partial charge is 0.378 e. The van der Waals surface area contributed by atoms with Crippen LogP contribution in [0.3, 0.4) is 0 Å². The van der Waals surface area contributed by atoms with E-state index in [2.05, 4.69) is 11.9 Å². The van der Waals surface area contributed by atoms with Crippen molar-refractivity contribution >= 4 is 11.3 Å². The van der Waals surface area contributed by atoms with E-state index in [1.54, 1.807) is 18.4 Å². The number of nitrogens with zero attached hydrogens (tertiary/aromatic N) is 1. The van der Waals surface area contributed by atoms with Crippen molar-refractivity contribution in [3.8, 4) is 0 Å². The number of ether oxygens (including phenoxy) is 1. The van der Waals surface area contributed by atoms with Gasteiger partial charge < -0.3 is 4.74 Å². The van der Waals surface area contributed by atoms with Gasteiger partial charge in [-0.05, 0) is 6.42 Å². The topological polar surface area (TPSA) is 22.1 Å². The lowest BCUT2D eigenvalue weighted by Gasteiger charge is -1.95. The molecule has 56 valence electrons. The van der Waals surface area contributed by atoms with Crippen LogP contribution in [-0.2, 0) is 17.8 Å². The molecule has 0 aliphatic carbocycles. The first-order valence-electron chi connectivity index (χ1n) is 3.28. The average Bonchev–Trinajstić information content (AvgIpc) is 2.36. The summed E-state index contributed by atoms with van der Waals surface area (Å²) in [5.74, 6) is 0. The highest BCUT2D eigenvalue weighted by atomic mass is 32.1. The summed E-state index contributed by atoms with van der Waals surface area (Å²) < 4.78 is 4.97. The second kappa shape index (κ2) is 3.68. The zero-order valence-electron chi connectivity index (χ0n) is 6.26. The summed E-state index contributed by atoms with van der Waals surface area (Å²) in [6.45, 7) is 2.78. The van der Waals surface area contributed by atoms with Crippen LogP contribution >= 0.6 is 11.3 Å². The summed E-state index contributed by atoms with van der Waals surface area (Å²) in [4.78, 5) is 5.51. The first kappa shape index (κ1) is 7.69. The van der Waals surface area contributed by atoms with Crippen LogP contribution in [0.2, 0.25) is 0 Å². The summed E-state index contributed by atoms with van der Waals surface area (Å²) in [5.41, 5.74) is 2.96. The Labute approximate surface area is 64.9 Å². The number of thiazole rings is 1. The molecule has 0 bridgehead atoms. The van der Waals surface area contributed by atoms with E-state index in [0.29, 0.717) is 6.61 Å². The van der Waals surface area contributed by atoms with Crippen LogP contribution in [0.1, 0.15) is 17.5 Å². The molecule has 0 saturated carbocycles. The van der Waals surface area contributed by atoms with Gasteiger partial charge >= 0.3 is 0 Å². The molecule has 10 heavy (non-hydrogen) atoms. The number of aryl methyl sites for hydroxylation is 1. The lowest BCUT2D eigenvalue weighted by atomic mass is 10.3. The van der Waals surface area contributed by atoms with Crippen molar-refractivity contribution < 1.29 is 4.74 Å². The van der Waals surface area contributed by atoms with Crippen molar-refractivity contribution in [1.82, 2.24) is 4.98 Å². The lowest BCUT2D eigenvalue weighted by Crippen LogP contribution is -1.90. The second-order valence-electron chi connectivity index (χ2n) is 2.01. The fraction of sp³-hybridized carbons (Fsp3) is 0.571. The Hall–Kier alpha value is -0.410. The Balaban J connectivity index is 2.70. The maximum absolute atomic E-state index is 4.97. The Bertz CT molecular complexity index is 197. The van der Waals surface area contributed by atoms with Crippen molar-refractivity contribution in [3.63, 3.8) is 0 Å². The molecule has 0 radical (unpaired) electrons. The van der Waals surface area contributed by atoms with Crippen molar-refractivity contribution in [2.75, 3.05) is 7.11 Å². The molecule has 0 atom stereocenters. The molecule has 0 aromatic carbocycles. The van der Waals surface area contributed by atoms with E-state index in [9.17, 15) is 0 Å². The van der Waals surface area contributed by atoms with Crippen LogP contribution in [-0.4, -0.2) is 12.1 Å². The van der Waals surface area contributed by atoms with E-state index in [1.165, 1.54) is 4.88 Å². The molecule has 3 heteroatoms. The molecule has 0 aliphatic heterocycles. The molecule has 0 amide bonds. The van der Waals surface area contributed by atoms with Crippen LogP contribution < -0.4 is 0 Å². The van der Waals surface area contributed by atoms with E-state index in [1.807, 2.05) is 5.51 Å². The first-order valence-corrected chi connectivity index (χ1v) is 4.16. The molecule has 1 aromatic rings. The van der Waals surface area contributed by atoms with Crippen LogP contribution in [0.5, 0.6) is 0 Å². The summed E-state index contributed by atoms with van der Waals surface area (Å²) in [7, 11) is 1.69. The molecule has 1 rings (SSSR count). The van der Waals surface area contributed by atoms with Gasteiger partial charge in [0, 0.05) is 12.0 Å². The van der Waals surface area contributed by atoms with Gasteiger partial charge in [-0.2, -0.15) is 0 Å². The second-order valence-corrected chi connectivity index (χ2v) is 2.95. The van der Waals surface area contributed by atoms with Gasteiger partial charge in [0.05, 0.1) is 17.8 Å². The molecule has 0 unspecified atom stereocenters. The predicted octanol–water partition coefficient (Wildman–Crippen LogP) is 1.85. The number of rotatable bonds is 3. The van der Waals surface area contributed by atoms with Gasteiger partial charge in [-0.25, -0.2) is 4.98 Å². The molecule has 1 heterocycles. The van der Waals surface area contributed by atoms with Gasteiger partial charge in [-0.3, -0.25) is 0 Å². The molecule has 1 aromatic heterocycles. The molecule has 0 spiro atoms. The summed E-state index contributed by atoms with van der Waals surface area (Å²) in [6, 6.07) is 0. The van der Waals surface area contributed by atoms with Gasteiger partial charge in [-0.1, -0.05) is 6.92 Å². The first-order chi connectivity index (χ1) is 4.88. The highest BCUT2D eigenvalue weighted by Crippen LogP contribution is 2.13. The van der Waals surface area contributed by atoms with E-state index in [0.717, 1.165) is 12.1 Å². The monoisotopic (exact) mass is 157 g/mol. The van der Waals surface area contributed by atoms with E-state index < -0.39 is 0 Å². The van der Waals surface area contributed by atoms with Crippen molar-refractivity contribution in [2.24, 2.45) is 0 Å². The van der Waals surface area contributed by atoms with Crippen LogP contribution in [0.4, 0.5) is 0 Å².